The molecular formula is C15H20ClF3N4O2S. The number of alkyl halides is 3. The summed E-state index contributed by atoms with van der Waals surface area (Å²) in [6.45, 7) is 1.96. The van der Waals surface area contributed by atoms with Crippen molar-refractivity contribution < 1.29 is 21.6 Å². The standard InChI is InChI=1S/C15H19F3N4O2S.ClH/c1-11-2-3-12(9-19)8-13(11)25(23,24)21-10-14(15(16,17)18)22-6-4-20-5-7-22;/h2-3,8,14,20-21H,4-7,10H2,1H3;1H. The lowest BCUT2D eigenvalue weighted by atomic mass is 10.2. The van der Waals surface area contributed by atoms with Crippen LogP contribution in [-0.4, -0.2) is 58.3 Å². The molecule has 1 aromatic carbocycles. The highest BCUT2D eigenvalue weighted by Gasteiger charge is 2.44. The van der Waals surface area contributed by atoms with Crippen molar-refractivity contribution in [2.24, 2.45) is 0 Å². The van der Waals surface area contributed by atoms with E-state index in [2.05, 4.69) is 10.0 Å². The van der Waals surface area contributed by atoms with E-state index in [1.165, 1.54) is 24.0 Å². The third-order valence-corrected chi connectivity index (χ3v) is 5.61. The second kappa shape index (κ2) is 9.01. The Labute approximate surface area is 156 Å². The van der Waals surface area contributed by atoms with Crippen LogP contribution in [0.4, 0.5) is 13.2 Å². The molecule has 1 atom stereocenters. The molecule has 2 N–H and O–H groups in total. The molecule has 0 spiro atoms. The summed E-state index contributed by atoms with van der Waals surface area (Å²) in [5.41, 5.74) is 0.484. The van der Waals surface area contributed by atoms with Gasteiger partial charge in [-0.15, -0.1) is 12.4 Å². The van der Waals surface area contributed by atoms with Crippen LogP contribution in [0.3, 0.4) is 0 Å². The van der Waals surface area contributed by atoms with Crippen molar-refractivity contribution in [2.75, 3.05) is 32.7 Å². The molecule has 1 aliphatic heterocycles. The molecule has 1 fully saturated rings. The van der Waals surface area contributed by atoms with Crippen LogP contribution >= 0.6 is 12.4 Å². The van der Waals surface area contributed by atoms with Gasteiger partial charge in [0.2, 0.25) is 10.0 Å². The summed E-state index contributed by atoms with van der Waals surface area (Å²) in [6.07, 6.45) is -4.55. The largest absolute Gasteiger partial charge is 0.405 e. The first-order chi connectivity index (χ1) is 11.6. The predicted octanol–water partition coefficient (Wildman–Crippen LogP) is 1.40. The maximum atomic E-state index is 13.3. The molecule has 146 valence electrons. The summed E-state index contributed by atoms with van der Waals surface area (Å²) in [5, 5.41) is 11.8. The van der Waals surface area contributed by atoms with Gasteiger partial charge in [-0.2, -0.15) is 18.4 Å². The molecule has 0 bridgehead atoms. The zero-order valence-corrected chi connectivity index (χ0v) is 15.6. The van der Waals surface area contributed by atoms with Crippen molar-refractivity contribution >= 4 is 22.4 Å². The van der Waals surface area contributed by atoms with E-state index in [0.29, 0.717) is 18.7 Å². The fourth-order valence-electron chi connectivity index (χ4n) is 2.67. The number of nitriles is 1. The maximum absolute atomic E-state index is 13.3. The predicted molar refractivity (Wildman–Crippen MR) is 92.6 cm³/mol. The van der Waals surface area contributed by atoms with E-state index in [4.69, 9.17) is 5.26 Å². The summed E-state index contributed by atoms with van der Waals surface area (Å²) in [4.78, 5) is 1.03. The minimum atomic E-state index is -4.55. The Hall–Kier alpha value is -1.38. The first-order valence-electron chi connectivity index (χ1n) is 7.67. The molecule has 0 aromatic heterocycles. The molecule has 2 rings (SSSR count). The fraction of sp³-hybridized carbons (Fsp3) is 0.533. The number of hydrogen-bond donors (Lipinski definition) is 2. The summed E-state index contributed by atoms with van der Waals surface area (Å²) in [7, 11) is -4.16. The Kier molecular flexibility index (Phi) is 7.85. The molecule has 1 unspecified atom stereocenters. The highest BCUT2D eigenvalue weighted by molar-refractivity contribution is 7.89. The molecular weight excluding hydrogens is 393 g/mol. The van der Waals surface area contributed by atoms with Gasteiger partial charge in [-0.05, 0) is 24.6 Å². The molecule has 0 radical (unpaired) electrons. The van der Waals surface area contributed by atoms with Crippen molar-refractivity contribution in [1.29, 1.82) is 5.26 Å². The number of nitrogens with zero attached hydrogens (tertiary/aromatic N) is 2. The normalized spacial score (nSPS) is 17.2. The Bertz CT molecular complexity index is 759. The summed E-state index contributed by atoms with van der Waals surface area (Å²) >= 11 is 0. The van der Waals surface area contributed by atoms with E-state index >= 15 is 0 Å². The third kappa shape index (κ3) is 5.56. The van der Waals surface area contributed by atoms with Gasteiger partial charge in [0.1, 0.15) is 6.04 Å². The molecule has 1 saturated heterocycles. The minimum absolute atomic E-state index is 0. The number of aryl methyl sites for hydroxylation is 1. The number of benzene rings is 1. The van der Waals surface area contributed by atoms with Crippen LogP contribution in [0, 0.1) is 18.3 Å². The van der Waals surface area contributed by atoms with Crippen LogP contribution < -0.4 is 10.0 Å². The maximum Gasteiger partial charge on any atom is 0.405 e. The van der Waals surface area contributed by atoms with Crippen LogP contribution in [0.5, 0.6) is 0 Å². The highest BCUT2D eigenvalue weighted by atomic mass is 35.5. The molecule has 1 aromatic rings. The molecule has 0 saturated carbocycles. The van der Waals surface area contributed by atoms with Gasteiger partial charge in [-0.1, -0.05) is 6.07 Å². The molecule has 11 heteroatoms. The lowest BCUT2D eigenvalue weighted by Gasteiger charge is -2.35. The molecule has 1 aliphatic rings. The van der Waals surface area contributed by atoms with E-state index < -0.39 is 28.8 Å². The highest BCUT2D eigenvalue weighted by Crippen LogP contribution is 2.25. The minimum Gasteiger partial charge on any atom is -0.314 e. The van der Waals surface area contributed by atoms with E-state index in [-0.39, 0.29) is 36.0 Å². The van der Waals surface area contributed by atoms with Crippen LogP contribution in [-0.2, 0) is 10.0 Å². The second-order valence-electron chi connectivity index (χ2n) is 5.79. The van der Waals surface area contributed by atoms with E-state index in [0.717, 1.165) is 6.07 Å². The first kappa shape index (κ1) is 22.7. The van der Waals surface area contributed by atoms with Gasteiger partial charge < -0.3 is 5.32 Å². The van der Waals surface area contributed by atoms with E-state index in [1.54, 1.807) is 0 Å². The van der Waals surface area contributed by atoms with Crippen LogP contribution in [0.1, 0.15) is 11.1 Å². The van der Waals surface area contributed by atoms with Crippen molar-refractivity contribution in [3.05, 3.63) is 29.3 Å². The molecule has 0 amide bonds. The van der Waals surface area contributed by atoms with Crippen LogP contribution in [0.2, 0.25) is 0 Å². The topological polar surface area (TPSA) is 85.2 Å². The van der Waals surface area contributed by atoms with Crippen molar-refractivity contribution in [3.63, 3.8) is 0 Å². The number of halogens is 4. The van der Waals surface area contributed by atoms with Gasteiger partial charge in [0.05, 0.1) is 16.5 Å². The van der Waals surface area contributed by atoms with Crippen LogP contribution in [0.25, 0.3) is 0 Å². The van der Waals surface area contributed by atoms with Crippen molar-refractivity contribution in [2.45, 2.75) is 24.0 Å². The van der Waals surface area contributed by atoms with Crippen molar-refractivity contribution in [1.82, 2.24) is 14.9 Å². The third-order valence-electron chi connectivity index (χ3n) is 4.04. The Morgan fingerprint density at radius 2 is 1.96 bits per heavy atom. The summed E-state index contributed by atoms with van der Waals surface area (Å²) in [6, 6.07) is 3.98. The van der Waals surface area contributed by atoms with Gasteiger partial charge in [-0.25, -0.2) is 13.1 Å². The first-order valence-corrected chi connectivity index (χ1v) is 9.15. The smallest absolute Gasteiger partial charge is 0.314 e. The number of sulfonamides is 1. The lowest BCUT2D eigenvalue weighted by Crippen LogP contribution is -2.57. The number of nitrogens with one attached hydrogen (secondary N) is 2. The fourth-order valence-corrected chi connectivity index (χ4v) is 3.98. The van der Waals surface area contributed by atoms with E-state index in [9.17, 15) is 21.6 Å². The lowest BCUT2D eigenvalue weighted by molar-refractivity contribution is -0.182. The molecule has 6 nitrogen and oxygen atoms in total. The Balaban J connectivity index is 0.00000338. The monoisotopic (exact) mass is 412 g/mol. The molecule has 26 heavy (non-hydrogen) atoms. The number of rotatable bonds is 5. The van der Waals surface area contributed by atoms with Crippen LogP contribution in [0.15, 0.2) is 23.1 Å². The van der Waals surface area contributed by atoms with Gasteiger partial charge in [0.25, 0.3) is 0 Å². The van der Waals surface area contributed by atoms with Crippen molar-refractivity contribution in [3.8, 4) is 6.07 Å². The molecule has 1 heterocycles. The Morgan fingerprint density at radius 1 is 1.35 bits per heavy atom. The van der Waals surface area contributed by atoms with Gasteiger partial charge in [0.15, 0.2) is 0 Å². The second-order valence-corrected chi connectivity index (χ2v) is 7.52. The van der Waals surface area contributed by atoms with Gasteiger partial charge >= 0.3 is 6.18 Å². The average Bonchev–Trinajstić information content (AvgIpc) is 2.55. The Morgan fingerprint density at radius 3 is 2.50 bits per heavy atom. The summed E-state index contributed by atoms with van der Waals surface area (Å²) < 4.78 is 66.9. The molecule has 0 aliphatic carbocycles. The number of piperazine rings is 1. The zero-order chi connectivity index (χ0) is 18.7. The zero-order valence-electron chi connectivity index (χ0n) is 14.0. The summed E-state index contributed by atoms with van der Waals surface area (Å²) in [5.74, 6) is 0. The van der Waals surface area contributed by atoms with E-state index in [1.807, 2.05) is 6.07 Å². The quantitative estimate of drug-likeness (QED) is 0.763. The number of hydrogen-bond acceptors (Lipinski definition) is 5. The van der Waals surface area contributed by atoms with Gasteiger partial charge in [-0.3, -0.25) is 4.90 Å². The average molecular weight is 413 g/mol. The SMILES string of the molecule is Cc1ccc(C#N)cc1S(=O)(=O)NCC(N1CCNCC1)C(F)(F)F.Cl. The van der Waals surface area contributed by atoms with Gasteiger partial charge in [0, 0.05) is 32.7 Å².